The predicted octanol–water partition coefficient (Wildman–Crippen LogP) is 2.79. The SMILES string of the molecule is O=C(O)CC1CN(C(=O)c2ccccc2Oc2ccccc2)CCO1. The van der Waals surface area contributed by atoms with Crippen LogP contribution in [-0.4, -0.2) is 47.7 Å². The number of ether oxygens (including phenoxy) is 2. The summed E-state index contributed by atoms with van der Waals surface area (Å²) in [6, 6.07) is 16.3. The average molecular weight is 341 g/mol. The topological polar surface area (TPSA) is 76.1 Å². The molecule has 0 saturated carbocycles. The number of morpholine rings is 1. The Labute approximate surface area is 145 Å². The highest BCUT2D eigenvalue weighted by atomic mass is 16.5. The van der Waals surface area contributed by atoms with Gasteiger partial charge in [0.2, 0.25) is 0 Å². The second-order valence-corrected chi connectivity index (χ2v) is 5.75. The van der Waals surface area contributed by atoms with Gasteiger partial charge >= 0.3 is 5.97 Å². The van der Waals surface area contributed by atoms with Crippen molar-refractivity contribution in [1.29, 1.82) is 0 Å². The number of para-hydroxylation sites is 2. The molecule has 0 aliphatic carbocycles. The molecule has 0 radical (unpaired) electrons. The van der Waals surface area contributed by atoms with E-state index < -0.39 is 12.1 Å². The van der Waals surface area contributed by atoms with E-state index in [9.17, 15) is 9.59 Å². The van der Waals surface area contributed by atoms with Gasteiger partial charge < -0.3 is 19.5 Å². The van der Waals surface area contributed by atoms with Crippen LogP contribution in [0.3, 0.4) is 0 Å². The minimum absolute atomic E-state index is 0.119. The molecule has 1 heterocycles. The molecule has 6 heteroatoms. The smallest absolute Gasteiger partial charge is 0.306 e. The number of rotatable bonds is 5. The first-order valence-corrected chi connectivity index (χ1v) is 8.08. The van der Waals surface area contributed by atoms with Crippen LogP contribution in [-0.2, 0) is 9.53 Å². The van der Waals surface area contributed by atoms with Gasteiger partial charge in [-0.2, -0.15) is 0 Å². The average Bonchev–Trinajstić information content (AvgIpc) is 2.62. The second-order valence-electron chi connectivity index (χ2n) is 5.75. The molecule has 2 aromatic carbocycles. The summed E-state index contributed by atoms with van der Waals surface area (Å²) in [7, 11) is 0. The zero-order chi connectivity index (χ0) is 17.6. The summed E-state index contributed by atoms with van der Waals surface area (Å²) in [6.45, 7) is 1.00. The van der Waals surface area contributed by atoms with Crippen molar-refractivity contribution in [3.63, 3.8) is 0 Å². The maximum absolute atomic E-state index is 12.9. The number of amides is 1. The number of hydrogen-bond acceptors (Lipinski definition) is 4. The second kappa shape index (κ2) is 7.81. The Morgan fingerprint density at radius 3 is 2.60 bits per heavy atom. The van der Waals surface area contributed by atoms with Gasteiger partial charge in [0.15, 0.2) is 0 Å². The Morgan fingerprint density at radius 1 is 1.12 bits per heavy atom. The Kier molecular flexibility index (Phi) is 5.30. The van der Waals surface area contributed by atoms with Gasteiger partial charge in [0.25, 0.3) is 5.91 Å². The molecule has 130 valence electrons. The number of benzene rings is 2. The molecule has 0 spiro atoms. The fourth-order valence-electron chi connectivity index (χ4n) is 2.74. The zero-order valence-electron chi connectivity index (χ0n) is 13.6. The molecule has 25 heavy (non-hydrogen) atoms. The fraction of sp³-hybridized carbons (Fsp3) is 0.263. The highest BCUT2D eigenvalue weighted by Gasteiger charge is 2.28. The molecule has 3 rings (SSSR count). The zero-order valence-corrected chi connectivity index (χ0v) is 13.6. The number of carboxylic acids is 1. The van der Waals surface area contributed by atoms with Crippen LogP contribution in [0.5, 0.6) is 11.5 Å². The van der Waals surface area contributed by atoms with Crippen LogP contribution in [0.4, 0.5) is 0 Å². The van der Waals surface area contributed by atoms with E-state index in [0.29, 0.717) is 30.2 Å². The Bertz CT molecular complexity index is 746. The van der Waals surface area contributed by atoms with Gasteiger partial charge in [-0.05, 0) is 24.3 Å². The lowest BCUT2D eigenvalue weighted by Crippen LogP contribution is -2.46. The summed E-state index contributed by atoms with van der Waals surface area (Å²) in [5.74, 6) is -0.00853. The van der Waals surface area contributed by atoms with E-state index >= 15 is 0 Å². The van der Waals surface area contributed by atoms with E-state index in [4.69, 9.17) is 14.6 Å². The normalized spacial score (nSPS) is 17.1. The van der Waals surface area contributed by atoms with Gasteiger partial charge in [0.1, 0.15) is 11.5 Å². The third kappa shape index (κ3) is 4.36. The standard InChI is InChI=1S/C19H19NO5/c21-18(22)12-15-13-20(10-11-24-15)19(23)16-8-4-5-9-17(16)25-14-6-2-1-3-7-14/h1-9,15H,10-13H2,(H,21,22). The molecule has 1 amide bonds. The monoisotopic (exact) mass is 341 g/mol. The van der Waals surface area contributed by atoms with Crippen molar-refractivity contribution in [2.24, 2.45) is 0 Å². The van der Waals surface area contributed by atoms with Crippen molar-refractivity contribution in [1.82, 2.24) is 4.90 Å². The molecule has 1 aliphatic heterocycles. The molecule has 1 N–H and O–H groups in total. The van der Waals surface area contributed by atoms with Crippen LogP contribution in [0.1, 0.15) is 16.8 Å². The number of hydrogen-bond donors (Lipinski definition) is 1. The quantitative estimate of drug-likeness (QED) is 0.905. The summed E-state index contributed by atoms with van der Waals surface area (Å²) >= 11 is 0. The van der Waals surface area contributed by atoms with Crippen molar-refractivity contribution in [3.8, 4) is 11.5 Å². The Balaban J connectivity index is 1.77. The van der Waals surface area contributed by atoms with Gasteiger partial charge in [-0.25, -0.2) is 0 Å². The molecule has 0 bridgehead atoms. The van der Waals surface area contributed by atoms with E-state index in [1.54, 1.807) is 23.1 Å². The van der Waals surface area contributed by atoms with Crippen LogP contribution in [0.2, 0.25) is 0 Å². The van der Waals surface area contributed by atoms with E-state index in [0.717, 1.165) is 0 Å². The fourth-order valence-corrected chi connectivity index (χ4v) is 2.74. The number of carboxylic acid groups (broad SMARTS) is 1. The van der Waals surface area contributed by atoms with Crippen LogP contribution < -0.4 is 4.74 Å². The molecule has 0 aromatic heterocycles. The molecule has 1 fully saturated rings. The van der Waals surface area contributed by atoms with Crippen molar-refractivity contribution < 1.29 is 24.2 Å². The molecule has 1 saturated heterocycles. The molecule has 6 nitrogen and oxygen atoms in total. The number of nitrogens with zero attached hydrogens (tertiary/aromatic N) is 1. The summed E-state index contributed by atoms with van der Waals surface area (Å²) in [4.78, 5) is 25.4. The minimum Gasteiger partial charge on any atom is -0.481 e. The lowest BCUT2D eigenvalue weighted by molar-refractivity contribution is -0.141. The minimum atomic E-state index is -0.938. The van der Waals surface area contributed by atoms with Gasteiger partial charge in [0.05, 0.1) is 24.7 Å². The van der Waals surface area contributed by atoms with Crippen molar-refractivity contribution in [2.75, 3.05) is 19.7 Å². The van der Waals surface area contributed by atoms with Crippen molar-refractivity contribution in [3.05, 3.63) is 60.2 Å². The molecule has 1 atom stereocenters. The third-order valence-corrected chi connectivity index (χ3v) is 3.92. The number of aliphatic carboxylic acids is 1. The van der Waals surface area contributed by atoms with Gasteiger partial charge in [0, 0.05) is 13.1 Å². The van der Waals surface area contributed by atoms with Gasteiger partial charge in [-0.1, -0.05) is 30.3 Å². The highest BCUT2D eigenvalue weighted by Crippen LogP contribution is 2.26. The van der Waals surface area contributed by atoms with Crippen LogP contribution in [0.15, 0.2) is 54.6 Å². The lowest BCUT2D eigenvalue weighted by Gasteiger charge is -2.32. The van der Waals surface area contributed by atoms with Gasteiger partial charge in [-0.15, -0.1) is 0 Å². The maximum Gasteiger partial charge on any atom is 0.306 e. The molecular weight excluding hydrogens is 322 g/mol. The largest absolute Gasteiger partial charge is 0.481 e. The van der Waals surface area contributed by atoms with Crippen molar-refractivity contribution in [2.45, 2.75) is 12.5 Å². The summed E-state index contributed by atoms with van der Waals surface area (Å²) in [5.41, 5.74) is 0.447. The van der Waals surface area contributed by atoms with Crippen LogP contribution in [0, 0.1) is 0 Å². The van der Waals surface area contributed by atoms with Gasteiger partial charge in [-0.3, -0.25) is 9.59 Å². The van der Waals surface area contributed by atoms with Crippen LogP contribution in [0.25, 0.3) is 0 Å². The molecule has 1 aliphatic rings. The first kappa shape index (κ1) is 17.0. The predicted molar refractivity (Wildman–Crippen MR) is 90.9 cm³/mol. The number of carbonyl (C=O) groups is 2. The van der Waals surface area contributed by atoms with E-state index in [1.807, 2.05) is 36.4 Å². The van der Waals surface area contributed by atoms with Crippen molar-refractivity contribution >= 4 is 11.9 Å². The molecule has 2 aromatic rings. The van der Waals surface area contributed by atoms with E-state index in [2.05, 4.69) is 0 Å². The molecule has 1 unspecified atom stereocenters. The summed E-state index contributed by atoms with van der Waals surface area (Å²) in [5, 5.41) is 8.91. The highest BCUT2D eigenvalue weighted by molar-refractivity contribution is 5.97. The van der Waals surface area contributed by atoms with E-state index in [1.165, 1.54) is 0 Å². The Hall–Kier alpha value is -2.86. The Morgan fingerprint density at radius 2 is 1.84 bits per heavy atom. The summed E-state index contributed by atoms with van der Waals surface area (Å²) < 4.78 is 11.3. The molecular formula is C19H19NO5. The maximum atomic E-state index is 12.9. The van der Waals surface area contributed by atoms with E-state index in [-0.39, 0.29) is 18.9 Å². The first-order chi connectivity index (χ1) is 12.1. The third-order valence-electron chi connectivity index (χ3n) is 3.92. The van der Waals surface area contributed by atoms with Crippen LogP contribution >= 0.6 is 0 Å². The first-order valence-electron chi connectivity index (χ1n) is 8.08. The lowest BCUT2D eigenvalue weighted by atomic mass is 10.1. The summed E-state index contributed by atoms with van der Waals surface area (Å²) in [6.07, 6.45) is -0.608. The number of carbonyl (C=O) groups excluding carboxylic acids is 1.